The smallest absolute Gasteiger partial charge is 0.232 e. The van der Waals surface area contributed by atoms with Crippen LogP contribution in [-0.4, -0.2) is 35.0 Å². The first-order valence-corrected chi connectivity index (χ1v) is 7.33. The van der Waals surface area contributed by atoms with E-state index in [2.05, 4.69) is 17.1 Å². The van der Waals surface area contributed by atoms with Gasteiger partial charge < -0.3 is 9.64 Å². The van der Waals surface area contributed by atoms with Gasteiger partial charge in [-0.3, -0.25) is 4.79 Å². The summed E-state index contributed by atoms with van der Waals surface area (Å²) in [5.74, 6) is 0.854. The molecule has 5 heteroatoms. The first-order chi connectivity index (χ1) is 9.74. The molecule has 2 aliphatic rings. The molecule has 0 N–H and O–H groups in total. The van der Waals surface area contributed by atoms with E-state index in [-0.39, 0.29) is 17.9 Å². The first-order valence-electron chi connectivity index (χ1n) is 6.95. The molecule has 0 spiro atoms. The monoisotopic (exact) mass is 292 g/mol. The van der Waals surface area contributed by atoms with Gasteiger partial charge in [-0.15, -0.1) is 0 Å². The minimum atomic E-state index is 0.00508. The number of hydrogen-bond acceptors (Lipinski definition) is 3. The SMILES string of the molecule is O=C(C1CC=CCC1)N1CC(Oc2ncccc2Cl)C1. The van der Waals surface area contributed by atoms with Crippen LogP contribution in [0.2, 0.25) is 5.02 Å². The summed E-state index contributed by atoms with van der Waals surface area (Å²) < 4.78 is 5.70. The molecule has 0 aromatic carbocycles. The third kappa shape index (κ3) is 2.80. The molecule has 1 amide bonds. The number of carbonyl (C=O) groups is 1. The topological polar surface area (TPSA) is 42.4 Å². The molecule has 1 aliphatic heterocycles. The fourth-order valence-corrected chi connectivity index (χ4v) is 2.75. The van der Waals surface area contributed by atoms with Gasteiger partial charge in [-0.25, -0.2) is 4.98 Å². The number of aromatic nitrogens is 1. The van der Waals surface area contributed by atoms with E-state index in [1.807, 2.05) is 4.90 Å². The van der Waals surface area contributed by atoms with Gasteiger partial charge in [0.05, 0.1) is 13.1 Å². The highest BCUT2D eigenvalue weighted by atomic mass is 35.5. The summed E-state index contributed by atoms with van der Waals surface area (Å²) >= 11 is 5.99. The van der Waals surface area contributed by atoms with Gasteiger partial charge in [-0.05, 0) is 31.4 Å². The Hall–Kier alpha value is -1.55. The average molecular weight is 293 g/mol. The van der Waals surface area contributed by atoms with Crippen molar-refractivity contribution in [2.45, 2.75) is 25.4 Å². The standard InChI is InChI=1S/C15H17ClN2O2/c16-13-7-4-8-17-14(13)20-12-9-18(10-12)15(19)11-5-2-1-3-6-11/h1-2,4,7-8,11-12H,3,5-6,9-10H2. The summed E-state index contributed by atoms with van der Waals surface area (Å²) in [6.07, 6.45) is 8.74. The summed E-state index contributed by atoms with van der Waals surface area (Å²) in [5.41, 5.74) is 0. The molecule has 1 aliphatic carbocycles. The van der Waals surface area contributed by atoms with Crippen LogP contribution in [0.4, 0.5) is 0 Å². The largest absolute Gasteiger partial charge is 0.470 e. The summed E-state index contributed by atoms with van der Waals surface area (Å²) in [5, 5.41) is 0.509. The summed E-state index contributed by atoms with van der Waals surface area (Å²) in [4.78, 5) is 18.2. The number of carbonyl (C=O) groups excluding carboxylic acids is 1. The molecule has 1 aromatic rings. The van der Waals surface area contributed by atoms with Crippen molar-refractivity contribution in [2.24, 2.45) is 5.92 Å². The van der Waals surface area contributed by atoms with E-state index >= 15 is 0 Å². The van der Waals surface area contributed by atoms with E-state index in [4.69, 9.17) is 16.3 Å². The second-order valence-corrected chi connectivity index (χ2v) is 5.66. The van der Waals surface area contributed by atoms with Crippen LogP contribution < -0.4 is 4.74 Å². The molecule has 0 bridgehead atoms. The molecular weight excluding hydrogens is 276 g/mol. The van der Waals surface area contributed by atoms with Crippen LogP contribution in [-0.2, 0) is 4.79 Å². The Morgan fingerprint density at radius 1 is 1.40 bits per heavy atom. The molecule has 20 heavy (non-hydrogen) atoms. The van der Waals surface area contributed by atoms with Crippen LogP contribution in [0.1, 0.15) is 19.3 Å². The van der Waals surface area contributed by atoms with Crippen molar-refractivity contribution in [3.63, 3.8) is 0 Å². The zero-order chi connectivity index (χ0) is 13.9. The number of nitrogens with zero attached hydrogens (tertiary/aromatic N) is 2. The van der Waals surface area contributed by atoms with E-state index in [1.165, 1.54) is 0 Å². The molecule has 0 radical (unpaired) electrons. The van der Waals surface area contributed by atoms with Gasteiger partial charge in [0.25, 0.3) is 0 Å². The Bertz CT molecular complexity index is 526. The third-order valence-electron chi connectivity index (χ3n) is 3.78. The Kier molecular flexibility index (Phi) is 3.92. The van der Waals surface area contributed by atoms with E-state index in [9.17, 15) is 4.79 Å². The highest BCUT2D eigenvalue weighted by molar-refractivity contribution is 6.31. The Labute approximate surface area is 123 Å². The zero-order valence-corrected chi connectivity index (χ0v) is 11.9. The van der Waals surface area contributed by atoms with Crippen LogP contribution in [0, 0.1) is 5.92 Å². The number of allylic oxidation sites excluding steroid dienone is 2. The lowest BCUT2D eigenvalue weighted by Gasteiger charge is -2.40. The van der Waals surface area contributed by atoms with Gasteiger partial charge in [0, 0.05) is 12.1 Å². The molecule has 1 fully saturated rings. The molecular formula is C15H17ClN2O2. The zero-order valence-electron chi connectivity index (χ0n) is 11.2. The number of ether oxygens (including phenoxy) is 1. The molecule has 0 saturated carbocycles. The Morgan fingerprint density at radius 3 is 2.95 bits per heavy atom. The van der Waals surface area contributed by atoms with E-state index in [0.717, 1.165) is 19.3 Å². The molecule has 106 valence electrons. The van der Waals surface area contributed by atoms with Crippen LogP contribution in [0.25, 0.3) is 0 Å². The average Bonchev–Trinajstić information content (AvgIpc) is 2.44. The Morgan fingerprint density at radius 2 is 2.25 bits per heavy atom. The Balaban J connectivity index is 1.50. The summed E-state index contributed by atoms with van der Waals surface area (Å²) in [6, 6.07) is 3.52. The lowest BCUT2D eigenvalue weighted by Crippen LogP contribution is -2.57. The first kappa shape index (κ1) is 13.4. The highest BCUT2D eigenvalue weighted by Gasteiger charge is 2.35. The van der Waals surface area contributed by atoms with Gasteiger partial charge >= 0.3 is 0 Å². The van der Waals surface area contributed by atoms with E-state index in [0.29, 0.717) is 24.0 Å². The van der Waals surface area contributed by atoms with Crippen molar-refractivity contribution in [2.75, 3.05) is 13.1 Å². The predicted molar refractivity (Wildman–Crippen MR) is 76.7 cm³/mol. The second kappa shape index (κ2) is 5.83. The van der Waals surface area contributed by atoms with Crippen LogP contribution in [0.5, 0.6) is 5.88 Å². The number of pyridine rings is 1. The summed E-state index contributed by atoms with van der Waals surface area (Å²) in [6.45, 7) is 1.26. The van der Waals surface area contributed by atoms with Gasteiger partial charge in [0.2, 0.25) is 11.8 Å². The normalized spacial score (nSPS) is 22.4. The minimum absolute atomic E-state index is 0.00508. The van der Waals surface area contributed by atoms with Crippen molar-refractivity contribution in [1.82, 2.24) is 9.88 Å². The molecule has 2 heterocycles. The molecule has 1 aromatic heterocycles. The van der Waals surface area contributed by atoms with Crippen molar-refractivity contribution in [3.05, 3.63) is 35.5 Å². The molecule has 1 saturated heterocycles. The molecule has 1 unspecified atom stereocenters. The fourth-order valence-electron chi connectivity index (χ4n) is 2.58. The molecule has 4 nitrogen and oxygen atoms in total. The van der Waals surface area contributed by atoms with Crippen LogP contribution in [0.15, 0.2) is 30.5 Å². The second-order valence-electron chi connectivity index (χ2n) is 5.25. The number of hydrogen-bond donors (Lipinski definition) is 0. The van der Waals surface area contributed by atoms with E-state index in [1.54, 1.807) is 18.3 Å². The number of rotatable bonds is 3. The van der Waals surface area contributed by atoms with Crippen molar-refractivity contribution in [3.8, 4) is 5.88 Å². The van der Waals surface area contributed by atoms with Gasteiger partial charge in [0.15, 0.2) is 0 Å². The highest BCUT2D eigenvalue weighted by Crippen LogP contribution is 2.26. The van der Waals surface area contributed by atoms with Crippen molar-refractivity contribution < 1.29 is 9.53 Å². The number of likely N-dealkylation sites (tertiary alicyclic amines) is 1. The summed E-state index contributed by atoms with van der Waals surface area (Å²) in [7, 11) is 0. The van der Waals surface area contributed by atoms with Crippen molar-refractivity contribution >= 4 is 17.5 Å². The lowest BCUT2D eigenvalue weighted by atomic mass is 9.92. The third-order valence-corrected chi connectivity index (χ3v) is 4.07. The van der Waals surface area contributed by atoms with Crippen LogP contribution >= 0.6 is 11.6 Å². The maximum Gasteiger partial charge on any atom is 0.232 e. The van der Waals surface area contributed by atoms with Crippen molar-refractivity contribution in [1.29, 1.82) is 0 Å². The maximum atomic E-state index is 12.2. The molecule has 1 atom stereocenters. The molecule has 3 rings (SSSR count). The maximum absolute atomic E-state index is 12.2. The van der Waals surface area contributed by atoms with E-state index < -0.39 is 0 Å². The minimum Gasteiger partial charge on any atom is -0.470 e. The lowest BCUT2D eigenvalue weighted by molar-refractivity contribution is -0.144. The predicted octanol–water partition coefficient (Wildman–Crippen LogP) is 2.68. The van der Waals surface area contributed by atoms with Gasteiger partial charge in [-0.2, -0.15) is 0 Å². The van der Waals surface area contributed by atoms with Gasteiger partial charge in [0.1, 0.15) is 11.1 Å². The van der Waals surface area contributed by atoms with Crippen LogP contribution in [0.3, 0.4) is 0 Å². The fraction of sp³-hybridized carbons (Fsp3) is 0.467. The number of amides is 1. The number of halogens is 1. The van der Waals surface area contributed by atoms with Gasteiger partial charge in [-0.1, -0.05) is 23.8 Å². The quantitative estimate of drug-likeness (QED) is 0.805.